The topological polar surface area (TPSA) is 39.1 Å². The summed E-state index contributed by atoms with van der Waals surface area (Å²) in [5.41, 5.74) is 0.279. The predicted molar refractivity (Wildman–Crippen MR) is 75.0 cm³/mol. The predicted octanol–water partition coefficient (Wildman–Crippen LogP) is 2.35. The van der Waals surface area contributed by atoms with Crippen molar-refractivity contribution in [2.24, 2.45) is 0 Å². The van der Waals surface area contributed by atoms with Crippen LogP contribution in [0.4, 0.5) is 0 Å². The first-order chi connectivity index (χ1) is 9.36. The molecule has 19 heavy (non-hydrogen) atoms. The Morgan fingerprint density at radius 2 is 2.21 bits per heavy atom. The Bertz CT molecular complexity index is 371. The van der Waals surface area contributed by atoms with Gasteiger partial charge in [-0.3, -0.25) is 4.68 Å². The second-order valence-corrected chi connectivity index (χ2v) is 6.00. The number of ether oxygens (including phenoxy) is 1. The fraction of sp³-hybridized carbons (Fsp3) is 0.800. The average molecular weight is 263 g/mol. The highest BCUT2D eigenvalue weighted by Gasteiger charge is 2.41. The minimum atomic E-state index is 0.279. The quantitative estimate of drug-likeness (QED) is 0.801. The van der Waals surface area contributed by atoms with Crippen LogP contribution in [0.1, 0.15) is 44.9 Å². The molecule has 3 rings (SSSR count). The van der Waals surface area contributed by atoms with E-state index in [1.165, 1.54) is 38.5 Å². The third-order valence-electron chi connectivity index (χ3n) is 4.53. The Morgan fingerprint density at radius 3 is 3.00 bits per heavy atom. The molecule has 0 radical (unpaired) electrons. The molecule has 0 amide bonds. The van der Waals surface area contributed by atoms with Gasteiger partial charge in [-0.2, -0.15) is 5.10 Å². The Kier molecular flexibility index (Phi) is 4.18. The van der Waals surface area contributed by atoms with Gasteiger partial charge in [-0.15, -0.1) is 0 Å². The molecule has 1 aliphatic heterocycles. The summed E-state index contributed by atoms with van der Waals surface area (Å²) in [5.74, 6) is 0. The van der Waals surface area contributed by atoms with Crippen molar-refractivity contribution >= 4 is 0 Å². The van der Waals surface area contributed by atoms with Crippen molar-refractivity contribution in [3.63, 3.8) is 0 Å². The first-order valence-electron chi connectivity index (χ1n) is 7.72. The lowest BCUT2D eigenvalue weighted by Crippen LogP contribution is -2.31. The van der Waals surface area contributed by atoms with Crippen LogP contribution in [0.15, 0.2) is 18.5 Å². The van der Waals surface area contributed by atoms with E-state index in [0.717, 1.165) is 26.1 Å². The molecule has 1 aromatic heterocycles. The summed E-state index contributed by atoms with van der Waals surface area (Å²) in [6.45, 7) is 3.06. The maximum Gasteiger partial charge on any atom is 0.0708 e. The normalized spacial score (nSPS) is 25.4. The summed E-state index contributed by atoms with van der Waals surface area (Å²) < 4.78 is 8.27. The Morgan fingerprint density at radius 1 is 1.32 bits per heavy atom. The van der Waals surface area contributed by atoms with Gasteiger partial charge in [-0.25, -0.2) is 0 Å². The third-order valence-corrected chi connectivity index (χ3v) is 4.53. The standard InChI is InChI=1S/C15H25N3O/c1-2-7-15(6-1)8-5-14(19-15)13-16-9-3-11-18-12-4-10-17-18/h4,10,12,14,16H,1-3,5-9,11,13H2. The smallest absolute Gasteiger partial charge is 0.0708 e. The van der Waals surface area contributed by atoms with Gasteiger partial charge in [0.2, 0.25) is 0 Å². The number of nitrogens with zero attached hydrogens (tertiary/aromatic N) is 2. The maximum absolute atomic E-state index is 6.28. The van der Waals surface area contributed by atoms with E-state index in [9.17, 15) is 0 Å². The molecule has 1 saturated carbocycles. The van der Waals surface area contributed by atoms with E-state index in [4.69, 9.17) is 4.74 Å². The van der Waals surface area contributed by atoms with Crippen LogP contribution in [-0.4, -0.2) is 34.6 Å². The van der Waals surface area contributed by atoms with E-state index in [1.54, 1.807) is 0 Å². The van der Waals surface area contributed by atoms with Crippen molar-refractivity contribution < 1.29 is 4.74 Å². The molecule has 106 valence electrons. The second-order valence-electron chi connectivity index (χ2n) is 6.00. The molecule has 1 unspecified atom stereocenters. The summed E-state index contributed by atoms with van der Waals surface area (Å²) in [6.07, 6.45) is 13.3. The highest BCUT2D eigenvalue weighted by molar-refractivity contribution is 4.93. The zero-order valence-electron chi connectivity index (χ0n) is 11.7. The van der Waals surface area contributed by atoms with Gasteiger partial charge in [0.25, 0.3) is 0 Å². The van der Waals surface area contributed by atoms with Crippen molar-refractivity contribution in [3.05, 3.63) is 18.5 Å². The van der Waals surface area contributed by atoms with Crippen LogP contribution in [0.25, 0.3) is 0 Å². The molecular formula is C15H25N3O. The zero-order chi connectivity index (χ0) is 13.0. The van der Waals surface area contributed by atoms with Gasteiger partial charge in [0.05, 0.1) is 11.7 Å². The van der Waals surface area contributed by atoms with E-state index < -0.39 is 0 Å². The largest absolute Gasteiger partial charge is 0.370 e. The number of nitrogens with one attached hydrogen (secondary N) is 1. The second kappa shape index (κ2) is 6.06. The number of aryl methyl sites for hydroxylation is 1. The first kappa shape index (κ1) is 13.1. The van der Waals surface area contributed by atoms with E-state index in [0.29, 0.717) is 6.10 Å². The van der Waals surface area contributed by atoms with Crippen LogP contribution >= 0.6 is 0 Å². The highest BCUT2D eigenvalue weighted by atomic mass is 16.5. The van der Waals surface area contributed by atoms with Crippen LogP contribution in [0.3, 0.4) is 0 Å². The van der Waals surface area contributed by atoms with Crippen LogP contribution in [-0.2, 0) is 11.3 Å². The fourth-order valence-electron chi connectivity index (χ4n) is 3.49. The number of hydrogen-bond acceptors (Lipinski definition) is 3. The first-order valence-corrected chi connectivity index (χ1v) is 7.72. The van der Waals surface area contributed by atoms with Gasteiger partial charge in [-0.05, 0) is 44.7 Å². The summed E-state index contributed by atoms with van der Waals surface area (Å²) in [6, 6.07) is 1.97. The van der Waals surface area contributed by atoms with Crippen LogP contribution in [0, 0.1) is 0 Å². The Balaban J connectivity index is 1.29. The lowest BCUT2D eigenvalue weighted by Gasteiger charge is -2.23. The maximum atomic E-state index is 6.28. The molecule has 4 heteroatoms. The SMILES string of the molecule is c1cnn(CCCNCC2CCC3(CCCC3)O2)c1. The molecular weight excluding hydrogens is 238 g/mol. The lowest BCUT2D eigenvalue weighted by molar-refractivity contribution is -0.0350. The van der Waals surface area contributed by atoms with Gasteiger partial charge in [-0.1, -0.05) is 12.8 Å². The van der Waals surface area contributed by atoms with Gasteiger partial charge >= 0.3 is 0 Å². The number of rotatable bonds is 6. The number of hydrogen-bond donors (Lipinski definition) is 1. The Labute approximate surface area is 115 Å². The monoisotopic (exact) mass is 263 g/mol. The summed E-state index contributed by atoms with van der Waals surface area (Å²) in [4.78, 5) is 0. The minimum absolute atomic E-state index is 0.279. The molecule has 2 aliphatic rings. The van der Waals surface area contributed by atoms with Gasteiger partial charge < -0.3 is 10.1 Å². The van der Waals surface area contributed by atoms with Gasteiger partial charge in [0.1, 0.15) is 0 Å². The van der Waals surface area contributed by atoms with E-state index in [-0.39, 0.29) is 5.60 Å². The molecule has 4 nitrogen and oxygen atoms in total. The van der Waals surface area contributed by atoms with Crippen molar-refractivity contribution in [3.8, 4) is 0 Å². The van der Waals surface area contributed by atoms with Crippen molar-refractivity contribution in [2.75, 3.05) is 13.1 Å². The van der Waals surface area contributed by atoms with Crippen molar-refractivity contribution in [1.82, 2.24) is 15.1 Å². The average Bonchev–Trinajstić information content (AvgIpc) is 3.14. The minimum Gasteiger partial charge on any atom is -0.370 e. The third kappa shape index (κ3) is 3.37. The van der Waals surface area contributed by atoms with Crippen molar-refractivity contribution in [1.29, 1.82) is 0 Å². The lowest BCUT2D eigenvalue weighted by atomic mass is 9.98. The fourth-order valence-corrected chi connectivity index (χ4v) is 3.49. The molecule has 1 aliphatic carbocycles. The summed E-state index contributed by atoms with van der Waals surface area (Å²) in [7, 11) is 0. The summed E-state index contributed by atoms with van der Waals surface area (Å²) >= 11 is 0. The number of aromatic nitrogens is 2. The highest BCUT2D eigenvalue weighted by Crippen LogP contribution is 2.43. The van der Waals surface area contributed by atoms with Crippen molar-refractivity contribution in [2.45, 2.75) is 63.2 Å². The van der Waals surface area contributed by atoms with E-state index in [2.05, 4.69) is 10.4 Å². The molecule has 0 bridgehead atoms. The van der Waals surface area contributed by atoms with E-state index in [1.807, 2.05) is 23.1 Å². The molecule has 1 aromatic rings. The van der Waals surface area contributed by atoms with Crippen LogP contribution < -0.4 is 5.32 Å². The zero-order valence-corrected chi connectivity index (χ0v) is 11.7. The molecule has 1 N–H and O–H groups in total. The molecule has 2 fully saturated rings. The molecule has 1 atom stereocenters. The molecule has 1 spiro atoms. The molecule has 2 heterocycles. The Hall–Kier alpha value is -0.870. The van der Waals surface area contributed by atoms with Gasteiger partial charge in [0, 0.05) is 25.5 Å². The molecule has 0 aromatic carbocycles. The summed E-state index contributed by atoms with van der Waals surface area (Å²) in [5, 5.41) is 7.73. The molecule has 1 saturated heterocycles. The van der Waals surface area contributed by atoms with Crippen LogP contribution in [0.5, 0.6) is 0 Å². The van der Waals surface area contributed by atoms with E-state index >= 15 is 0 Å². The van der Waals surface area contributed by atoms with Crippen LogP contribution in [0.2, 0.25) is 0 Å². The van der Waals surface area contributed by atoms with Gasteiger partial charge in [0.15, 0.2) is 0 Å².